The van der Waals surface area contributed by atoms with Crippen molar-refractivity contribution in [1.29, 1.82) is 0 Å². The Morgan fingerprint density at radius 2 is 1.85 bits per heavy atom. The molecule has 2 aromatic carbocycles. The molecule has 0 spiro atoms. The molecule has 0 saturated heterocycles. The summed E-state index contributed by atoms with van der Waals surface area (Å²) in [5.74, 6) is -2.55. The monoisotopic (exact) mass is 377 g/mol. The Balaban J connectivity index is 2.06. The molecule has 2 rings (SSSR count). The quantitative estimate of drug-likeness (QED) is 0.448. The number of benzene rings is 2. The van der Waals surface area contributed by atoms with Crippen molar-refractivity contribution in [2.45, 2.75) is 0 Å². The van der Waals surface area contributed by atoms with E-state index >= 15 is 0 Å². The zero-order valence-electron chi connectivity index (χ0n) is 13.1. The molecule has 3 N–H and O–H groups in total. The number of nitro benzene ring substituents is 1. The molecule has 10 heteroatoms. The van der Waals surface area contributed by atoms with Crippen LogP contribution in [0.2, 0.25) is 5.02 Å². The van der Waals surface area contributed by atoms with Gasteiger partial charge in [0, 0.05) is 11.1 Å². The maximum atomic E-state index is 12.0. The second-order valence-electron chi connectivity index (χ2n) is 4.95. The maximum absolute atomic E-state index is 12.0. The molecule has 0 aliphatic rings. The van der Waals surface area contributed by atoms with Crippen molar-refractivity contribution in [2.75, 3.05) is 11.9 Å². The largest absolute Gasteiger partial charge is 0.452 e. The topological polar surface area (TPSA) is 142 Å². The van der Waals surface area contributed by atoms with Crippen LogP contribution >= 0.6 is 11.6 Å². The molecule has 26 heavy (non-hydrogen) atoms. The minimum absolute atomic E-state index is 0.0778. The predicted octanol–water partition coefficient (Wildman–Crippen LogP) is 2.14. The van der Waals surface area contributed by atoms with Gasteiger partial charge >= 0.3 is 5.97 Å². The molecule has 0 bridgehead atoms. The molecule has 2 aromatic rings. The molecule has 0 aliphatic carbocycles. The molecule has 0 heterocycles. The van der Waals surface area contributed by atoms with Crippen molar-refractivity contribution in [2.24, 2.45) is 5.73 Å². The third-order valence-electron chi connectivity index (χ3n) is 3.18. The normalized spacial score (nSPS) is 10.0. The standard InChI is InChI=1S/C16H12ClN3O6/c17-9-5-6-11(13(7-9)20(24)25)16(23)26-8-14(21)19-12-4-2-1-3-10(12)15(18)22/h1-7H,8H2,(H2,18,22)(H,19,21). The van der Waals surface area contributed by atoms with Crippen LogP contribution in [-0.4, -0.2) is 29.3 Å². The summed E-state index contributed by atoms with van der Waals surface area (Å²) in [5.41, 5.74) is 4.55. The number of para-hydroxylation sites is 1. The lowest BCUT2D eigenvalue weighted by Crippen LogP contribution is -2.23. The van der Waals surface area contributed by atoms with E-state index < -0.39 is 35.0 Å². The van der Waals surface area contributed by atoms with E-state index in [9.17, 15) is 24.5 Å². The summed E-state index contributed by atoms with van der Waals surface area (Å²) < 4.78 is 4.78. The predicted molar refractivity (Wildman–Crippen MR) is 92.0 cm³/mol. The minimum atomic E-state index is -1.06. The Labute approximate surface area is 151 Å². The Kier molecular flexibility index (Phi) is 5.86. The van der Waals surface area contributed by atoms with Gasteiger partial charge in [-0.2, -0.15) is 0 Å². The molecule has 0 fully saturated rings. The number of nitrogens with two attached hydrogens (primary N) is 1. The number of nitrogens with one attached hydrogen (secondary N) is 1. The summed E-state index contributed by atoms with van der Waals surface area (Å²) in [6.45, 7) is -0.717. The van der Waals surface area contributed by atoms with Crippen LogP contribution in [0.1, 0.15) is 20.7 Å². The van der Waals surface area contributed by atoms with Crippen LogP contribution in [-0.2, 0) is 9.53 Å². The molecule has 0 aromatic heterocycles. The highest BCUT2D eigenvalue weighted by molar-refractivity contribution is 6.31. The number of amides is 2. The van der Waals surface area contributed by atoms with Gasteiger partial charge in [0.15, 0.2) is 6.61 Å². The molecular formula is C16H12ClN3O6. The first-order chi connectivity index (χ1) is 12.3. The first kappa shape index (κ1) is 18.9. The van der Waals surface area contributed by atoms with E-state index in [0.29, 0.717) is 0 Å². The van der Waals surface area contributed by atoms with E-state index in [-0.39, 0.29) is 21.8 Å². The average Bonchev–Trinajstić information content (AvgIpc) is 2.59. The molecule has 0 atom stereocenters. The highest BCUT2D eigenvalue weighted by Crippen LogP contribution is 2.24. The van der Waals surface area contributed by atoms with E-state index in [2.05, 4.69) is 5.32 Å². The summed E-state index contributed by atoms with van der Waals surface area (Å²) in [4.78, 5) is 45.4. The van der Waals surface area contributed by atoms with Gasteiger partial charge < -0.3 is 15.8 Å². The Morgan fingerprint density at radius 3 is 2.50 bits per heavy atom. The second kappa shape index (κ2) is 8.08. The fraction of sp³-hybridized carbons (Fsp3) is 0.0625. The van der Waals surface area contributed by atoms with Gasteiger partial charge in [-0.1, -0.05) is 23.7 Å². The molecule has 0 saturated carbocycles. The van der Waals surface area contributed by atoms with Gasteiger partial charge in [0.25, 0.3) is 17.5 Å². The lowest BCUT2D eigenvalue weighted by atomic mass is 10.1. The number of esters is 1. The number of rotatable bonds is 6. The van der Waals surface area contributed by atoms with E-state index in [0.717, 1.165) is 12.1 Å². The van der Waals surface area contributed by atoms with E-state index in [1.165, 1.54) is 18.2 Å². The van der Waals surface area contributed by atoms with Gasteiger partial charge in [-0.25, -0.2) is 4.79 Å². The fourth-order valence-electron chi connectivity index (χ4n) is 2.03. The van der Waals surface area contributed by atoms with Crippen molar-refractivity contribution in [3.8, 4) is 0 Å². The highest BCUT2D eigenvalue weighted by Gasteiger charge is 2.22. The number of primary amides is 1. The fourth-order valence-corrected chi connectivity index (χ4v) is 2.20. The number of carbonyl (C=O) groups excluding carboxylic acids is 3. The van der Waals surface area contributed by atoms with Crippen LogP contribution in [0.3, 0.4) is 0 Å². The number of halogens is 1. The number of hydrogen-bond donors (Lipinski definition) is 2. The average molecular weight is 378 g/mol. The Hall–Kier alpha value is -3.46. The lowest BCUT2D eigenvalue weighted by Gasteiger charge is -2.09. The zero-order chi connectivity index (χ0) is 19.3. The van der Waals surface area contributed by atoms with Crippen LogP contribution < -0.4 is 11.1 Å². The maximum Gasteiger partial charge on any atom is 0.345 e. The summed E-state index contributed by atoms with van der Waals surface area (Å²) in [5, 5.41) is 13.4. The van der Waals surface area contributed by atoms with Gasteiger partial charge in [-0.15, -0.1) is 0 Å². The molecule has 134 valence electrons. The van der Waals surface area contributed by atoms with Crippen LogP contribution in [0.25, 0.3) is 0 Å². The highest BCUT2D eigenvalue weighted by atomic mass is 35.5. The number of anilines is 1. The van der Waals surface area contributed by atoms with Gasteiger partial charge in [0.2, 0.25) is 0 Å². The SMILES string of the molecule is NC(=O)c1ccccc1NC(=O)COC(=O)c1ccc(Cl)cc1[N+](=O)[O-]. The van der Waals surface area contributed by atoms with Gasteiger partial charge in [0.05, 0.1) is 16.2 Å². The summed E-state index contributed by atoms with van der Waals surface area (Å²) in [6, 6.07) is 9.42. The molecular weight excluding hydrogens is 366 g/mol. The van der Waals surface area contributed by atoms with Gasteiger partial charge in [-0.3, -0.25) is 19.7 Å². The van der Waals surface area contributed by atoms with Crippen LogP contribution in [0.4, 0.5) is 11.4 Å². The Bertz CT molecular complexity index is 899. The number of nitro groups is 1. The zero-order valence-corrected chi connectivity index (χ0v) is 13.9. The third-order valence-corrected chi connectivity index (χ3v) is 3.41. The molecule has 2 amide bonds. The van der Waals surface area contributed by atoms with Gasteiger partial charge in [0.1, 0.15) is 5.56 Å². The smallest absolute Gasteiger partial charge is 0.345 e. The summed E-state index contributed by atoms with van der Waals surface area (Å²) >= 11 is 5.67. The number of hydrogen-bond acceptors (Lipinski definition) is 6. The molecule has 0 radical (unpaired) electrons. The first-order valence-corrected chi connectivity index (χ1v) is 7.47. The van der Waals surface area contributed by atoms with Crippen molar-refractivity contribution >= 4 is 40.8 Å². The summed E-state index contributed by atoms with van der Waals surface area (Å²) in [7, 11) is 0. The second-order valence-corrected chi connectivity index (χ2v) is 5.39. The van der Waals surface area contributed by atoms with Crippen molar-refractivity contribution in [1.82, 2.24) is 0 Å². The van der Waals surface area contributed by atoms with Gasteiger partial charge in [-0.05, 0) is 24.3 Å². The number of nitrogens with zero attached hydrogens (tertiary/aromatic N) is 1. The van der Waals surface area contributed by atoms with E-state index in [4.69, 9.17) is 22.1 Å². The molecule has 0 aliphatic heterocycles. The van der Waals surface area contributed by atoms with Crippen molar-refractivity contribution in [3.63, 3.8) is 0 Å². The van der Waals surface area contributed by atoms with E-state index in [1.807, 2.05) is 0 Å². The minimum Gasteiger partial charge on any atom is -0.452 e. The first-order valence-electron chi connectivity index (χ1n) is 7.09. The number of ether oxygens (including phenoxy) is 1. The van der Waals surface area contributed by atoms with Crippen LogP contribution in [0, 0.1) is 10.1 Å². The van der Waals surface area contributed by atoms with Crippen molar-refractivity contribution in [3.05, 3.63) is 68.7 Å². The third kappa shape index (κ3) is 4.54. The van der Waals surface area contributed by atoms with Crippen LogP contribution in [0.5, 0.6) is 0 Å². The summed E-state index contributed by atoms with van der Waals surface area (Å²) in [6.07, 6.45) is 0. The number of carbonyl (C=O) groups is 3. The molecule has 9 nitrogen and oxygen atoms in total. The van der Waals surface area contributed by atoms with Crippen molar-refractivity contribution < 1.29 is 24.0 Å². The van der Waals surface area contributed by atoms with Crippen LogP contribution in [0.15, 0.2) is 42.5 Å². The van der Waals surface area contributed by atoms with E-state index in [1.54, 1.807) is 12.1 Å². The Morgan fingerprint density at radius 1 is 1.15 bits per heavy atom. The lowest BCUT2D eigenvalue weighted by molar-refractivity contribution is -0.385. The molecule has 0 unspecified atom stereocenters.